The van der Waals surface area contributed by atoms with E-state index in [9.17, 15) is 18.0 Å². The molecule has 144 valence electrons. The van der Waals surface area contributed by atoms with Crippen LogP contribution in [0.15, 0.2) is 24.3 Å². The number of benzene rings is 1. The summed E-state index contributed by atoms with van der Waals surface area (Å²) in [6, 6.07) is 7.00. The Morgan fingerprint density at radius 1 is 1.27 bits per heavy atom. The van der Waals surface area contributed by atoms with Gasteiger partial charge in [-0.1, -0.05) is 12.1 Å². The summed E-state index contributed by atoms with van der Waals surface area (Å²) in [5.74, 6) is 0.0386. The summed E-state index contributed by atoms with van der Waals surface area (Å²) in [4.78, 5) is 24.0. The van der Waals surface area contributed by atoms with Crippen LogP contribution in [0.5, 0.6) is 5.75 Å². The van der Waals surface area contributed by atoms with E-state index >= 15 is 0 Å². The van der Waals surface area contributed by atoms with Gasteiger partial charge < -0.3 is 10.1 Å². The van der Waals surface area contributed by atoms with Gasteiger partial charge in [-0.05, 0) is 37.0 Å². The maximum absolute atomic E-state index is 12.1. The number of piperidine rings is 1. The predicted molar refractivity (Wildman–Crippen MR) is 97.4 cm³/mol. The molecule has 1 saturated heterocycles. The number of carbonyl (C=O) groups is 2. The Morgan fingerprint density at radius 3 is 2.58 bits per heavy atom. The molecular weight excluding hydrogens is 358 g/mol. The topological polar surface area (TPSA) is 105 Å². The van der Waals surface area contributed by atoms with E-state index in [-0.39, 0.29) is 11.8 Å². The molecule has 26 heavy (non-hydrogen) atoms. The molecule has 8 nitrogen and oxygen atoms in total. The number of amides is 3. The molecule has 1 aliphatic rings. The number of urea groups is 1. The van der Waals surface area contributed by atoms with E-state index in [1.165, 1.54) is 4.31 Å². The van der Waals surface area contributed by atoms with Crippen LogP contribution in [0.4, 0.5) is 4.79 Å². The van der Waals surface area contributed by atoms with Gasteiger partial charge >= 0.3 is 6.03 Å². The molecule has 1 aromatic carbocycles. The molecule has 1 aliphatic heterocycles. The highest BCUT2D eigenvalue weighted by atomic mass is 32.2. The quantitative estimate of drug-likeness (QED) is 0.754. The summed E-state index contributed by atoms with van der Waals surface area (Å²) < 4.78 is 29.4. The number of rotatable bonds is 6. The van der Waals surface area contributed by atoms with Crippen molar-refractivity contribution in [1.82, 2.24) is 14.9 Å². The first kappa shape index (κ1) is 20.2. The van der Waals surface area contributed by atoms with Gasteiger partial charge in [-0.15, -0.1) is 0 Å². The molecule has 1 aromatic rings. The van der Waals surface area contributed by atoms with Crippen molar-refractivity contribution in [3.8, 4) is 5.75 Å². The van der Waals surface area contributed by atoms with Crippen LogP contribution in [-0.2, 0) is 21.2 Å². The average Bonchev–Trinajstić information content (AvgIpc) is 2.61. The van der Waals surface area contributed by atoms with Crippen molar-refractivity contribution in [3.63, 3.8) is 0 Å². The number of hydrogen-bond donors (Lipinski definition) is 2. The third kappa shape index (κ3) is 5.99. The summed E-state index contributed by atoms with van der Waals surface area (Å²) in [5, 5.41) is 4.98. The Morgan fingerprint density at radius 2 is 1.96 bits per heavy atom. The lowest BCUT2D eigenvalue weighted by atomic mass is 9.97. The van der Waals surface area contributed by atoms with Crippen LogP contribution < -0.4 is 15.4 Å². The molecule has 1 fully saturated rings. The third-order valence-electron chi connectivity index (χ3n) is 4.36. The fraction of sp³-hybridized carbons (Fsp3) is 0.529. The molecule has 0 aliphatic carbocycles. The highest BCUT2D eigenvalue weighted by Gasteiger charge is 2.29. The normalized spacial score (nSPS) is 16.1. The van der Waals surface area contributed by atoms with E-state index in [0.29, 0.717) is 38.9 Å². The summed E-state index contributed by atoms with van der Waals surface area (Å²) in [7, 11) is -1.63. The molecule has 0 bridgehead atoms. The Kier molecular flexibility index (Phi) is 6.98. The van der Waals surface area contributed by atoms with Crippen LogP contribution >= 0.6 is 0 Å². The molecule has 2 rings (SSSR count). The Balaban J connectivity index is 1.71. The van der Waals surface area contributed by atoms with Crippen molar-refractivity contribution < 1.29 is 22.7 Å². The molecule has 0 aromatic heterocycles. The number of ether oxygens (including phenoxy) is 1. The molecule has 0 unspecified atom stereocenters. The van der Waals surface area contributed by atoms with Gasteiger partial charge in [-0.3, -0.25) is 10.1 Å². The zero-order valence-corrected chi connectivity index (χ0v) is 15.8. The number of carbonyl (C=O) groups excluding carboxylic acids is 2. The number of hydrogen-bond acceptors (Lipinski definition) is 5. The van der Waals surface area contributed by atoms with Gasteiger partial charge in [0.2, 0.25) is 15.9 Å². The van der Waals surface area contributed by atoms with Gasteiger partial charge in [0.1, 0.15) is 5.75 Å². The zero-order chi connectivity index (χ0) is 19.2. The van der Waals surface area contributed by atoms with E-state index in [1.807, 2.05) is 24.3 Å². The van der Waals surface area contributed by atoms with Crippen molar-refractivity contribution >= 4 is 22.0 Å². The van der Waals surface area contributed by atoms with Gasteiger partial charge in [-0.25, -0.2) is 17.5 Å². The van der Waals surface area contributed by atoms with Crippen molar-refractivity contribution in [1.29, 1.82) is 0 Å². The number of nitrogens with one attached hydrogen (secondary N) is 2. The zero-order valence-electron chi connectivity index (χ0n) is 15.0. The van der Waals surface area contributed by atoms with E-state index in [1.54, 1.807) is 7.11 Å². The van der Waals surface area contributed by atoms with E-state index in [4.69, 9.17) is 4.74 Å². The third-order valence-corrected chi connectivity index (χ3v) is 5.67. The number of sulfonamides is 1. The molecule has 0 saturated carbocycles. The molecule has 9 heteroatoms. The van der Waals surface area contributed by atoms with E-state index in [2.05, 4.69) is 10.6 Å². The molecule has 1 heterocycles. The minimum atomic E-state index is -3.23. The second-order valence-corrected chi connectivity index (χ2v) is 8.27. The maximum Gasteiger partial charge on any atom is 0.321 e. The Hall–Kier alpha value is -2.13. The first-order valence-corrected chi connectivity index (χ1v) is 10.3. The van der Waals surface area contributed by atoms with Gasteiger partial charge in [0.15, 0.2) is 0 Å². The molecule has 0 atom stereocenters. The highest BCUT2D eigenvalue weighted by Crippen LogP contribution is 2.19. The lowest BCUT2D eigenvalue weighted by Crippen LogP contribution is -2.46. The van der Waals surface area contributed by atoms with Crippen LogP contribution in [0.25, 0.3) is 0 Å². The monoisotopic (exact) mass is 383 g/mol. The largest absolute Gasteiger partial charge is 0.497 e. The lowest BCUT2D eigenvalue weighted by Gasteiger charge is -2.29. The van der Waals surface area contributed by atoms with Crippen LogP contribution in [0, 0.1) is 5.92 Å². The summed E-state index contributed by atoms with van der Waals surface area (Å²) >= 11 is 0. The van der Waals surface area contributed by atoms with Crippen molar-refractivity contribution in [2.24, 2.45) is 5.92 Å². The number of imide groups is 1. The van der Waals surface area contributed by atoms with Crippen LogP contribution in [0.3, 0.4) is 0 Å². The molecule has 0 radical (unpaired) electrons. The summed E-state index contributed by atoms with van der Waals surface area (Å²) in [5.41, 5.74) is 1.02. The fourth-order valence-corrected chi connectivity index (χ4v) is 3.73. The summed E-state index contributed by atoms with van der Waals surface area (Å²) in [6.07, 6.45) is 2.60. The van der Waals surface area contributed by atoms with Crippen molar-refractivity contribution in [2.75, 3.05) is 33.0 Å². The summed E-state index contributed by atoms with van der Waals surface area (Å²) in [6.45, 7) is 0.988. The number of nitrogens with zero attached hydrogens (tertiary/aromatic N) is 1. The van der Waals surface area contributed by atoms with Crippen molar-refractivity contribution in [2.45, 2.75) is 19.3 Å². The SMILES string of the molecule is COc1cccc(CCNC(=O)NC(=O)C2CCN(S(C)(=O)=O)CC2)c1. The van der Waals surface area contributed by atoms with Crippen LogP contribution in [0.1, 0.15) is 18.4 Å². The fourth-order valence-electron chi connectivity index (χ4n) is 2.86. The Bertz CT molecular complexity index is 743. The van der Waals surface area contributed by atoms with Gasteiger partial charge in [0.25, 0.3) is 0 Å². The van der Waals surface area contributed by atoms with E-state index < -0.39 is 16.1 Å². The second kappa shape index (κ2) is 9.00. The number of methoxy groups -OCH3 is 1. The maximum atomic E-state index is 12.1. The Labute approximate surface area is 153 Å². The lowest BCUT2D eigenvalue weighted by molar-refractivity contribution is -0.124. The molecule has 2 N–H and O–H groups in total. The highest BCUT2D eigenvalue weighted by molar-refractivity contribution is 7.88. The molecule has 3 amide bonds. The van der Waals surface area contributed by atoms with E-state index in [0.717, 1.165) is 17.6 Å². The molecule has 0 spiro atoms. The van der Waals surface area contributed by atoms with Gasteiger partial charge in [-0.2, -0.15) is 0 Å². The first-order chi connectivity index (χ1) is 12.3. The van der Waals surface area contributed by atoms with Crippen LogP contribution in [0.2, 0.25) is 0 Å². The minimum Gasteiger partial charge on any atom is -0.497 e. The first-order valence-electron chi connectivity index (χ1n) is 8.46. The predicted octanol–water partition coefficient (Wildman–Crippen LogP) is 0.735. The minimum absolute atomic E-state index is 0.300. The molecular formula is C17H25N3O5S. The van der Waals surface area contributed by atoms with Crippen LogP contribution in [-0.4, -0.2) is 57.7 Å². The second-order valence-electron chi connectivity index (χ2n) is 6.28. The van der Waals surface area contributed by atoms with Gasteiger partial charge in [0, 0.05) is 25.6 Å². The standard InChI is InChI=1S/C17H25N3O5S/c1-25-15-5-3-4-13(12-15)6-9-18-17(22)19-16(21)14-7-10-20(11-8-14)26(2,23)24/h3-5,12,14H,6-11H2,1-2H3,(H2,18,19,21,22). The smallest absolute Gasteiger partial charge is 0.321 e. The van der Waals surface area contributed by atoms with Gasteiger partial charge in [0.05, 0.1) is 13.4 Å². The van der Waals surface area contributed by atoms with Crippen molar-refractivity contribution in [3.05, 3.63) is 29.8 Å². The average molecular weight is 383 g/mol.